The lowest BCUT2D eigenvalue weighted by molar-refractivity contribution is -0.199. The zero-order chi connectivity index (χ0) is 22.9. The van der Waals surface area contributed by atoms with Crippen LogP contribution in [0.5, 0.6) is 0 Å². The van der Waals surface area contributed by atoms with E-state index in [0.717, 1.165) is 51.0 Å². The van der Waals surface area contributed by atoms with E-state index in [4.69, 9.17) is 0 Å². The number of carbonyl (C=O) groups is 2. The number of hydrogen-bond acceptors (Lipinski definition) is 6. The van der Waals surface area contributed by atoms with Crippen LogP contribution in [0.25, 0.3) is 0 Å². The van der Waals surface area contributed by atoms with E-state index in [0.29, 0.717) is 25.8 Å². The maximum Gasteiger partial charge on any atom is 0.178 e. The summed E-state index contributed by atoms with van der Waals surface area (Å²) in [6.45, 7) is 8.10. The normalized spacial score (nSPS) is 46.9. The molecule has 1 heterocycles. The van der Waals surface area contributed by atoms with Gasteiger partial charge < -0.3 is 15.1 Å². The summed E-state index contributed by atoms with van der Waals surface area (Å²) in [6.07, 6.45) is 9.25. The van der Waals surface area contributed by atoms with E-state index in [-0.39, 0.29) is 23.4 Å². The molecular weight excluding hydrogens is 404 g/mol. The molecule has 0 radical (unpaired) electrons. The van der Waals surface area contributed by atoms with Crippen LogP contribution in [-0.4, -0.2) is 82.6 Å². The lowest BCUT2D eigenvalue weighted by Crippen LogP contribution is -2.65. The van der Waals surface area contributed by atoms with Crippen molar-refractivity contribution >= 4 is 11.6 Å². The summed E-state index contributed by atoms with van der Waals surface area (Å²) >= 11 is 0. The summed E-state index contributed by atoms with van der Waals surface area (Å²) in [4.78, 5) is 29.9. The molecule has 0 unspecified atom stereocenters. The molecule has 4 fully saturated rings. The molecule has 0 aromatic carbocycles. The van der Waals surface area contributed by atoms with Gasteiger partial charge in [0, 0.05) is 37.0 Å². The highest BCUT2D eigenvalue weighted by molar-refractivity contribution is 6.01. The van der Waals surface area contributed by atoms with Crippen molar-refractivity contribution < 1.29 is 19.8 Å². The first-order valence-corrected chi connectivity index (χ1v) is 12.4. The highest BCUT2D eigenvalue weighted by atomic mass is 16.3. The first-order chi connectivity index (χ1) is 15.0. The topological polar surface area (TPSA) is 81.1 Å². The van der Waals surface area contributed by atoms with E-state index in [2.05, 4.69) is 30.7 Å². The van der Waals surface area contributed by atoms with Crippen LogP contribution in [0.2, 0.25) is 0 Å². The van der Waals surface area contributed by atoms with Gasteiger partial charge in [0.25, 0.3) is 0 Å². The molecule has 6 nitrogen and oxygen atoms in total. The van der Waals surface area contributed by atoms with Crippen molar-refractivity contribution in [2.24, 2.45) is 22.7 Å². The van der Waals surface area contributed by atoms with Crippen molar-refractivity contribution in [3.63, 3.8) is 0 Å². The number of ketones is 2. The first kappa shape index (κ1) is 22.5. The standard InChI is InChI=1S/C26H38N2O4/c1-23-8-6-19(29)16-18(23)4-5-21-20-7-9-26(32,24(20,2)10-11-25(21,23)31)22(30)17-28-14-12-27(3)13-15-28/h6,8,16,20-21,31-32H,4-5,7,9-15,17H2,1-3H3/t20-,21-,23-,24-,25+,26-/m0/s1. The minimum absolute atomic E-state index is 0.00455. The highest BCUT2D eigenvalue weighted by Gasteiger charge is 2.70. The molecule has 6 atom stereocenters. The second-order valence-corrected chi connectivity index (χ2v) is 11.6. The monoisotopic (exact) mass is 442 g/mol. The van der Waals surface area contributed by atoms with Crippen molar-refractivity contribution in [1.29, 1.82) is 0 Å². The molecule has 0 aromatic heterocycles. The lowest BCUT2D eigenvalue weighted by atomic mass is 9.45. The Labute approximate surface area is 191 Å². The predicted octanol–water partition coefficient (Wildman–Crippen LogP) is 1.96. The zero-order valence-corrected chi connectivity index (χ0v) is 19.8. The maximum absolute atomic E-state index is 13.5. The second kappa shape index (κ2) is 7.33. The van der Waals surface area contributed by atoms with Crippen LogP contribution in [0.4, 0.5) is 0 Å². The summed E-state index contributed by atoms with van der Waals surface area (Å²) in [5.74, 6) is 0.0898. The van der Waals surface area contributed by atoms with Crippen LogP contribution in [0.15, 0.2) is 23.8 Å². The number of Topliss-reactive ketones (excluding diaryl/α,β-unsaturated/α-hetero) is 1. The van der Waals surface area contributed by atoms with Gasteiger partial charge in [-0.2, -0.15) is 0 Å². The van der Waals surface area contributed by atoms with Crippen LogP contribution < -0.4 is 0 Å². The fourth-order valence-electron chi connectivity index (χ4n) is 7.95. The van der Waals surface area contributed by atoms with Gasteiger partial charge >= 0.3 is 0 Å². The molecule has 0 bridgehead atoms. The van der Waals surface area contributed by atoms with Crippen LogP contribution in [0.1, 0.15) is 52.4 Å². The van der Waals surface area contributed by atoms with E-state index in [1.54, 1.807) is 12.2 Å². The number of nitrogens with zero attached hydrogens (tertiary/aromatic N) is 2. The number of fused-ring (bicyclic) bond motifs is 5. The number of aliphatic hydroxyl groups is 2. The van der Waals surface area contributed by atoms with Gasteiger partial charge in [-0.05, 0) is 76.5 Å². The van der Waals surface area contributed by atoms with Crippen LogP contribution >= 0.6 is 0 Å². The van der Waals surface area contributed by atoms with Gasteiger partial charge in [-0.15, -0.1) is 0 Å². The average Bonchev–Trinajstić information content (AvgIpc) is 3.03. The molecule has 5 aliphatic rings. The number of allylic oxidation sites excluding steroid dienone is 2. The lowest BCUT2D eigenvalue weighted by Gasteiger charge is -2.62. The number of carbonyl (C=O) groups excluding carboxylic acids is 2. The molecule has 0 spiro atoms. The Morgan fingerprint density at radius 1 is 1.06 bits per heavy atom. The molecule has 32 heavy (non-hydrogen) atoms. The SMILES string of the molecule is CN1CCN(CC(=O)[C@@]2(O)CC[C@H]3[C@@H]4CCC5=CC(=O)C=C[C@]5(C)[C@@]4(O)CC[C@@]32C)CC1. The number of likely N-dealkylation sites (N-methyl/N-ethyl adjacent to an activating group) is 1. The molecule has 1 saturated heterocycles. The molecule has 3 saturated carbocycles. The fourth-order valence-corrected chi connectivity index (χ4v) is 7.95. The van der Waals surface area contributed by atoms with Gasteiger partial charge in [-0.25, -0.2) is 0 Å². The first-order valence-electron chi connectivity index (χ1n) is 12.4. The summed E-state index contributed by atoms with van der Waals surface area (Å²) in [6, 6.07) is 0. The van der Waals surface area contributed by atoms with Gasteiger partial charge in [-0.1, -0.05) is 18.6 Å². The summed E-state index contributed by atoms with van der Waals surface area (Å²) in [5, 5.41) is 24.0. The van der Waals surface area contributed by atoms with Gasteiger partial charge in [0.1, 0.15) is 5.60 Å². The molecule has 1 aliphatic heterocycles. The predicted molar refractivity (Wildman–Crippen MR) is 122 cm³/mol. The van der Waals surface area contributed by atoms with Gasteiger partial charge in [-0.3, -0.25) is 14.5 Å². The summed E-state index contributed by atoms with van der Waals surface area (Å²) in [5.41, 5.74) is -2.29. The summed E-state index contributed by atoms with van der Waals surface area (Å²) in [7, 11) is 2.10. The van der Waals surface area contributed by atoms with Gasteiger partial charge in [0.15, 0.2) is 11.6 Å². The number of rotatable bonds is 3. The van der Waals surface area contributed by atoms with Crippen molar-refractivity contribution in [3.05, 3.63) is 23.8 Å². The van der Waals surface area contributed by atoms with Crippen LogP contribution in [-0.2, 0) is 9.59 Å². The molecular formula is C26H38N2O4. The molecule has 6 heteroatoms. The minimum Gasteiger partial charge on any atom is -0.388 e. The Morgan fingerprint density at radius 3 is 2.50 bits per heavy atom. The highest BCUT2D eigenvalue weighted by Crippen LogP contribution is 2.68. The van der Waals surface area contributed by atoms with Crippen molar-refractivity contribution in [2.45, 2.75) is 63.6 Å². The van der Waals surface area contributed by atoms with Gasteiger partial charge in [0.2, 0.25) is 0 Å². The second-order valence-electron chi connectivity index (χ2n) is 11.6. The molecule has 0 aromatic rings. The van der Waals surface area contributed by atoms with Crippen LogP contribution in [0.3, 0.4) is 0 Å². The molecule has 4 aliphatic carbocycles. The number of hydrogen-bond donors (Lipinski definition) is 2. The molecule has 5 rings (SSSR count). The molecule has 2 N–H and O–H groups in total. The van der Waals surface area contributed by atoms with Crippen molar-refractivity contribution in [1.82, 2.24) is 9.80 Å². The Kier molecular flexibility index (Phi) is 5.14. The third-order valence-corrected chi connectivity index (χ3v) is 10.3. The smallest absolute Gasteiger partial charge is 0.178 e. The van der Waals surface area contributed by atoms with E-state index in [9.17, 15) is 19.8 Å². The Morgan fingerprint density at radius 2 is 1.78 bits per heavy atom. The molecule has 0 amide bonds. The van der Waals surface area contributed by atoms with Crippen molar-refractivity contribution in [3.8, 4) is 0 Å². The van der Waals surface area contributed by atoms with Crippen LogP contribution in [0, 0.1) is 22.7 Å². The van der Waals surface area contributed by atoms with E-state index in [1.165, 1.54) is 0 Å². The van der Waals surface area contributed by atoms with E-state index >= 15 is 0 Å². The fraction of sp³-hybridized carbons (Fsp3) is 0.769. The van der Waals surface area contributed by atoms with E-state index in [1.807, 2.05) is 6.08 Å². The largest absolute Gasteiger partial charge is 0.388 e. The third-order valence-electron chi connectivity index (χ3n) is 10.3. The quantitative estimate of drug-likeness (QED) is 0.696. The number of piperazine rings is 1. The zero-order valence-electron chi connectivity index (χ0n) is 19.8. The minimum atomic E-state index is -1.32. The van der Waals surface area contributed by atoms with Gasteiger partial charge in [0.05, 0.1) is 12.1 Å². The van der Waals surface area contributed by atoms with E-state index < -0.39 is 22.0 Å². The maximum atomic E-state index is 13.5. The summed E-state index contributed by atoms with van der Waals surface area (Å²) < 4.78 is 0. The Bertz CT molecular complexity index is 890. The average molecular weight is 443 g/mol. The third kappa shape index (κ3) is 2.92. The molecule has 176 valence electrons. The Balaban J connectivity index is 1.40. The van der Waals surface area contributed by atoms with Crippen molar-refractivity contribution in [2.75, 3.05) is 39.8 Å². The Hall–Kier alpha value is -1.34.